The molecule has 48 valence electrons. The first kappa shape index (κ1) is 7.46. The van der Waals surface area contributed by atoms with Gasteiger partial charge in [0.2, 0.25) is 0 Å². The van der Waals surface area contributed by atoms with E-state index in [2.05, 4.69) is 4.74 Å². The lowest BCUT2D eigenvalue weighted by Gasteiger charge is -1.96. The van der Waals surface area contributed by atoms with E-state index in [9.17, 15) is 0 Å². The van der Waals surface area contributed by atoms with Crippen LogP contribution in [0.3, 0.4) is 0 Å². The summed E-state index contributed by atoms with van der Waals surface area (Å²) in [6.07, 6.45) is 1.89. The summed E-state index contributed by atoms with van der Waals surface area (Å²) in [5.41, 5.74) is 0. The molecular formula is C5H10O3. The smallest absolute Gasteiger partial charge is 0.0983 e. The Kier molecular flexibility index (Phi) is 4.30. The SMILES string of the molecule is COC=CC(O)CO. The lowest BCUT2D eigenvalue weighted by atomic mass is 10.4. The van der Waals surface area contributed by atoms with Gasteiger partial charge in [-0.05, 0) is 6.08 Å². The van der Waals surface area contributed by atoms with E-state index in [4.69, 9.17) is 10.2 Å². The third-order valence-corrected chi connectivity index (χ3v) is 0.624. The van der Waals surface area contributed by atoms with Crippen LogP contribution in [0.25, 0.3) is 0 Å². The Morgan fingerprint density at radius 1 is 1.75 bits per heavy atom. The van der Waals surface area contributed by atoms with Crippen LogP contribution in [0.15, 0.2) is 12.3 Å². The minimum absolute atomic E-state index is 0.264. The van der Waals surface area contributed by atoms with Crippen LogP contribution in [-0.4, -0.2) is 30.0 Å². The van der Waals surface area contributed by atoms with E-state index in [0.717, 1.165) is 0 Å². The van der Waals surface area contributed by atoms with Crippen molar-refractivity contribution in [1.82, 2.24) is 0 Å². The topological polar surface area (TPSA) is 49.7 Å². The highest BCUT2D eigenvalue weighted by Crippen LogP contribution is 1.82. The summed E-state index contributed by atoms with van der Waals surface area (Å²) in [5.74, 6) is 0. The third-order valence-electron chi connectivity index (χ3n) is 0.624. The quantitative estimate of drug-likeness (QED) is 0.491. The van der Waals surface area contributed by atoms with Crippen LogP contribution in [-0.2, 0) is 4.74 Å². The molecule has 0 aliphatic carbocycles. The van der Waals surface area contributed by atoms with E-state index in [-0.39, 0.29) is 6.61 Å². The van der Waals surface area contributed by atoms with Crippen LogP contribution in [0.2, 0.25) is 0 Å². The van der Waals surface area contributed by atoms with E-state index < -0.39 is 6.10 Å². The Morgan fingerprint density at radius 3 is 2.75 bits per heavy atom. The highest BCUT2D eigenvalue weighted by Gasteiger charge is 1.91. The molecule has 0 aromatic rings. The molecule has 3 nitrogen and oxygen atoms in total. The van der Waals surface area contributed by atoms with Crippen molar-refractivity contribution < 1.29 is 14.9 Å². The number of hydrogen-bond donors (Lipinski definition) is 2. The van der Waals surface area contributed by atoms with Crippen molar-refractivity contribution in [3.05, 3.63) is 12.3 Å². The Hall–Kier alpha value is -0.540. The second-order valence-electron chi connectivity index (χ2n) is 1.31. The number of ether oxygens (including phenoxy) is 1. The molecule has 0 fully saturated rings. The molecule has 0 aliphatic heterocycles. The van der Waals surface area contributed by atoms with Gasteiger partial charge < -0.3 is 14.9 Å². The predicted molar refractivity (Wildman–Crippen MR) is 29.2 cm³/mol. The summed E-state index contributed by atoms with van der Waals surface area (Å²) in [5, 5.41) is 16.8. The van der Waals surface area contributed by atoms with E-state index in [1.54, 1.807) is 0 Å². The molecule has 0 rings (SSSR count). The van der Waals surface area contributed by atoms with E-state index in [1.165, 1.54) is 19.4 Å². The first-order valence-corrected chi connectivity index (χ1v) is 2.29. The molecule has 1 atom stereocenters. The summed E-state index contributed by atoms with van der Waals surface area (Å²) in [4.78, 5) is 0. The van der Waals surface area contributed by atoms with Gasteiger partial charge in [0.1, 0.15) is 0 Å². The monoisotopic (exact) mass is 118 g/mol. The highest BCUT2D eigenvalue weighted by atomic mass is 16.5. The fraction of sp³-hybridized carbons (Fsp3) is 0.600. The number of aliphatic hydroxyl groups excluding tert-OH is 2. The second-order valence-corrected chi connectivity index (χ2v) is 1.31. The largest absolute Gasteiger partial charge is 0.505 e. The molecule has 0 saturated heterocycles. The zero-order valence-corrected chi connectivity index (χ0v) is 4.74. The van der Waals surface area contributed by atoms with Gasteiger partial charge in [-0.1, -0.05) is 0 Å². The van der Waals surface area contributed by atoms with Crippen LogP contribution >= 0.6 is 0 Å². The van der Waals surface area contributed by atoms with Crippen LogP contribution in [0, 0.1) is 0 Å². The molecule has 0 bridgehead atoms. The van der Waals surface area contributed by atoms with Crippen LogP contribution in [0.5, 0.6) is 0 Å². The number of aliphatic hydroxyl groups is 2. The zero-order chi connectivity index (χ0) is 6.41. The lowest BCUT2D eigenvalue weighted by molar-refractivity contribution is 0.128. The Bertz CT molecular complexity index is 70.1. The Labute approximate surface area is 48.2 Å². The molecule has 3 heteroatoms. The summed E-state index contributed by atoms with van der Waals surface area (Å²) in [6, 6.07) is 0. The molecule has 0 radical (unpaired) electrons. The molecule has 0 heterocycles. The maximum absolute atomic E-state index is 8.57. The highest BCUT2D eigenvalue weighted by molar-refractivity contribution is 4.81. The minimum Gasteiger partial charge on any atom is -0.505 e. The first-order chi connectivity index (χ1) is 3.81. The van der Waals surface area contributed by atoms with E-state index in [0.29, 0.717) is 0 Å². The first-order valence-electron chi connectivity index (χ1n) is 2.29. The second kappa shape index (κ2) is 4.61. The molecule has 2 N–H and O–H groups in total. The molecule has 0 aromatic heterocycles. The predicted octanol–water partition coefficient (Wildman–Crippen LogP) is -0.500. The van der Waals surface area contributed by atoms with Crippen molar-refractivity contribution in [3.8, 4) is 0 Å². The van der Waals surface area contributed by atoms with Crippen molar-refractivity contribution in [2.24, 2.45) is 0 Å². The summed E-state index contributed by atoms with van der Waals surface area (Å²) < 4.78 is 4.46. The van der Waals surface area contributed by atoms with Gasteiger partial charge in [-0.3, -0.25) is 0 Å². The standard InChI is InChI=1S/C5H10O3/c1-8-3-2-5(7)4-6/h2-3,5-7H,4H2,1H3. The number of methoxy groups -OCH3 is 1. The van der Waals surface area contributed by atoms with Gasteiger partial charge >= 0.3 is 0 Å². The maximum Gasteiger partial charge on any atom is 0.0983 e. The van der Waals surface area contributed by atoms with Crippen LogP contribution in [0.1, 0.15) is 0 Å². The Morgan fingerprint density at radius 2 is 2.38 bits per heavy atom. The third kappa shape index (κ3) is 3.64. The molecular weight excluding hydrogens is 108 g/mol. The minimum atomic E-state index is -0.796. The van der Waals surface area contributed by atoms with Gasteiger partial charge in [-0.2, -0.15) is 0 Å². The normalized spacial score (nSPS) is 14.4. The molecule has 0 aromatic carbocycles. The van der Waals surface area contributed by atoms with Gasteiger partial charge in [0.25, 0.3) is 0 Å². The molecule has 0 amide bonds. The Balaban J connectivity index is 3.21. The molecule has 1 unspecified atom stereocenters. The summed E-state index contributed by atoms with van der Waals surface area (Å²) in [6.45, 7) is -0.264. The van der Waals surface area contributed by atoms with Crippen LogP contribution < -0.4 is 0 Å². The van der Waals surface area contributed by atoms with Gasteiger partial charge in [0, 0.05) is 0 Å². The van der Waals surface area contributed by atoms with Gasteiger partial charge in [-0.15, -0.1) is 0 Å². The molecule has 8 heavy (non-hydrogen) atoms. The maximum atomic E-state index is 8.57. The molecule has 0 aliphatic rings. The summed E-state index contributed by atoms with van der Waals surface area (Å²) in [7, 11) is 1.47. The van der Waals surface area contributed by atoms with Gasteiger partial charge in [0.05, 0.1) is 26.1 Å². The van der Waals surface area contributed by atoms with Crippen molar-refractivity contribution in [3.63, 3.8) is 0 Å². The van der Waals surface area contributed by atoms with E-state index >= 15 is 0 Å². The van der Waals surface area contributed by atoms with E-state index in [1.807, 2.05) is 0 Å². The van der Waals surface area contributed by atoms with Gasteiger partial charge in [-0.25, -0.2) is 0 Å². The fourth-order valence-electron chi connectivity index (χ4n) is 0.230. The average Bonchev–Trinajstić information content (AvgIpc) is 1.83. The summed E-state index contributed by atoms with van der Waals surface area (Å²) >= 11 is 0. The average molecular weight is 118 g/mol. The van der Waals surface area contributed by atoms with Crippen molar-refractivity contribution in [1.29, 1.82) is 0 Å². The fourth-order valence-corrected chi connectivity index (χ4v) is 0.230. The molecule has 0 spiro atoms. The van der Waals surface area contributed by atoms with Crippen molar-refractivity contribution in [2.75, 3.05) is 13.7 Å². The lowest BCUT2D eigenvalue weighted by Crippen LogP contribution is -2.06. The molecule has 0 saturated carbocycles. The number of hydrogen-bond acceptors (Lipinski definition) is 3. The number of rotatable bonds is 3. The zero-order valence-electron chi connectivity index (χ0n) is 4.74. The van der Waals surface area contributed by atoms with Crippen molar-refractivity contribution in [2.45, 2.75) is 6.10 Å². The van der Waals surface area contributed by atoms with Gasteiger partial charge in [0.15, 0.2) is 0 Å². The van der Waals surface area contributed by atoms with Crippen LogP contribution in [0.4, 0.5) is 0 Å². The van der Waals surface area contributed by atoms with Crippen molar-refractivity contribution >= 4 is 0 Å².